The van der Waals surface area contributed by atoms with Crippen LogP contribution in [-0.4, -0.2) is 29.8 Å². The molecule has 6 heteroatoms. The predicted molar refractivity (Wildman–Crippen MR) is 82.4 cm³/mol. The molecular weight excluding hydrogens is 275 g/mol. The normalized spacial score (nSPS) is 10.4. The fourth-order valence-corrected chi connectivity index (χ4v) is 2.27. The zero-order chi connectivity index (χ0) is 14.5. The molecule has 20 heavy (non-hydrogen) atoms. The van der Waals surface area contributed by atoms with Crippen molar-refractivity contribution >= 4 is 29.1 Å². The first-order valence-electron chi connectivity index (χ1n) is 6.32. The van der Waals surface area contributed by atoms with E-state index in [1.165, 1.54) is 23.9 Å². The topological polar surface area (TPSA) is 41.0 Å². The molecule has 0 saturated carbocycles. The maximum absolute atomic E-state index is 13.4. The molecule has 1 N–H and O–H groups in total. The van der Waals surface area contributed by atoms with Crippen LogP contribution in [0, 0.1) is 5.82 Å². The molecule has 1 heterocycles. The molecule has 2 rings (SSSR count). The second-order valence-electron chi connectivity index (χ2n) is 4.07. The highest BCUT2D eigenvalue weighted by Crippen LogP contribution is 2.27. The highest BCUT2D eigenvalue weighted by Gasteiger charge is 2.12. The van der Waals surface area contributed by atoms with Gasteiger partial charge in [0.1, 0.15) is 17.5 Å². The third-order valence-corrected chi connectivity index (χ3v) is 3.39. The highest BCUT2D eigenvalue weighted by molar-refractivity contribution is 7.98. The third kappa shape index (κ3) is 3.19. The molecule has 0 bridgehead atoms. The summed E-state index contributed by atoms with van der Waals surface area (Å²) in [7, 11) is 1.81. The summed E-state index contributed by atoms with van der Waals surface area (Å²) in [4.78, 5) is 10.8. The third-order valence-electron chi connectivity index (χ3n) is 2.84. The van der Waals surface area contributed by atoms with E-state index in [1.807, 2.05) is 37.3 Å². The number of nitrogens with one attached hydrogen (secondary N) is 1. The van der Waals surface area contributed by atoms with Gasteiger partial charge in [-0.2, -0.15) is 0 Å². The van der Waals surface area contributed by atoms with Crippen molar-refractivity contribution in [2.45, 2.75) is 12.1 Å². The van der Waals surface area contributed by atoms with Crippen LogP contribution in [0.3, 0.4) is 0 Å². The molecule has 0 aliphatic carbocycles. The first-order valence-corrected chi connectivity index (χ1v) is 7.54. The smallest absolute Gasteiger partial charge is 0.191 e. The quantitative estimate of drug-likeness (QED) is 0.674. The van der Waals surface area contributed by atoms with Gasteiger partial charge in [-0.1, -0.05) is 17.8 Å². The average Bonchev–Trinajstić information content (AvgIpc) is 2.47. The molecule has 4 nitrogen and oxygen atoms in total. The van der Waals surface area contributed by atoms with E-state index in [0.717, 1.165) is 17.3 Å². The molecule has 0 atom stereocenters. The number of aromatic nitrogens is 2. The van der Waals surface area contributed by atoms with E-state index in [9.17, 15) is 4.39 Å². The summed E-state index contributed by atoms with van der Waals surface area (Å²) in [6.07, 6.45) is 1.93. The Labute approximate surface area is 122 Å². The predicted octanol–water partition coefficient (Wildman–Crippen LogP) is 3.54. The van der Waals surface area contributed by atoms with E-state index >= 15 is 0 Å². The van der Waals surface area contributed by atoms with Crippen LogP contribution >= 0.6 is 11.8 Å². The van der Waals surface area contributed by atoms with Gasteiger partial charge in [-0.05, 0) is 31.4 Å². The Morgan fingerprint density at radius 2 is 2.10 bits per heavy atom. The van der Waals surface area contributed by atoms with Gasteiger partial charge in [-0.15, -0.1) is 0 Å². The first-order chi connectivity index (χ1) is 9.67. The lowest BCUT2D eigenvalue weighted by atomic mass is 10.2. The van der Waals surface area contributed by atoms with Crippen LogP contribution in [0.5, 0.6) is 0 Å². The van der Waals surface area contributed by atoms with E-state index in [0.29, 0.717) is 11.7 Å². The van der Waals surface area contributed by atoms with Crippen molar-refractivity contribution in [2.24, 2.45) is 0 Å². The summed E-state index contributed by atoms with van der Waals surface area (Å²) in [5, 5.41) is 3.70. The minimum atomic E-state index is -0.256. The van der Waals surface area contributed by atoms with Gasteiger partial charge in [0.25, 0.3) is 0 Å². The van der Waals surface area contributed by atoms with Crippen LogP contribution in [0.1, 0.15) is 6.92 Å². The number of benzene rings is 1. The van der Waals surface area contributed by atoms with Gasteiger partial charge in [-0.25, -0.2) is 14.4 Å². The van der Waals surface area contributed by atoms with Gasteiger partial charge in [0.15, 0.2) is 5.16 Å². The van der Waals surface area contributed by atoms with Crippen molar-refractivity contribution in [3.8, 4) is 0 Å². The minimum Gasteiger partial charge on any atom is -0.373 e. The molecule has 1 aromatic carbocycles. The summed E-state index contributed by atoms with van der Waals surface area (Å²) in [6, 6.07) is 8.36. The second-order valence-corrected chi connectivity index (χ2v) is 4.85. The van der Waals surface area contributed by atoms with Crippen molar-refractivity contribution in [3.05, 3.63) is 36.1 Å². The number of hydrogen-bond acceptors (Lipinski definition) is 5. The minimum absolute atomic E-state index is 0.256. The van der Waals surface area contributed by atoms with Crippen molar-refractivity contribution in [3.63, 3.8) is 0 Å². The molecular formula is C14H17FN4S. The number of anilines is 3. The van der Waals surface area contributed by atoms with Crippen LogP contribution < -0.4 is 10.2 Å². The molecule has 0 radical (unpaired) electrons. The standard InChI is InChI=1S/C14H17FN4S/c1-4-19(11-7-5-6-10(15)8-11)13-9-12(16-2)17-14(18-13)20-3/h5-9H,4H2,1-3H3,(H,16,17,18). The molecule has 0 spiro atoms. The number of nitrogens with zero attached hydrogens (tertiary/aromatic N) is 3. The van der Waals surface area contributed by atoms with E-state index in [1.54, 1.807) is 6.07 Å². The molecule has 1 aromatic heterocycles. The molecule has 106 valence electrons. The number of halogens is 1. The molecule has 0 aliphatic heterocycles. The van der Waals surface area contributed by atoms with Crippen molar-refractivity contribution in [1.29, 1.82) is 0 Å². The van der Waals surface area contributed by atoms with Crippen LogP contribution in [0.15, 0.2) is 35.5 Å². The van der Waals surface area contributed by atoms with Crippen molar-refractivity contribution in [2.75, 3.05) is 30.1 Å². The second kappa shape index (κ2) is 6.56. The van der Waals surface area contributed by atoms with Gasteiger partial charge in [-0.3, -0.25) is 0 Å². The summed E-state index contributed by atoms with van der Waals surface area (Å²) in [5.41, 5.74) is 0.778. The molecule has 0 saturated heterocycles. The maximum atomic E-state index is 13.4. The van der Waals surface area contributed by atoms with Crippen LogP contribution in [0.2, 0.25) is 0 Å². The number of thioether (sulfide) groups is 1. The fourth-order valence-electron chi connectivity index (χ4n) is 1.89. The number of hydrogen-bond donors (Lipinski definition) is 1. The highest BCUT2D eigenvalue weighted by atomic mass is 32.2. The summed E-state index contributed by atoms with van der Waals surface area (Å²) in [6.45, 7) is 2.70. The maximum Gasteiger partial charge on any atom is 0.191 e. The zero-order valence-electron chi connectivity index (χ0n) is 11.7. The van der Waals surface area contributed by atoms with Crippen LogP contribution in [0.25, 0.3) is 0 Å². The van der Waals surface area contributed by atoms with Crippen LogP contribution in [0.4, 0.5) is 21.7 Å². The lowest BCUT2D eigenvalue weighted by Crippen LogP contribution is -2.18. The SMILES string of the molecule is CCN(c1cccc(F)c1)c1cc(NC)nc(SC)n1. The van der Waals surface area contributed by atoms with Gasteiger partial charge >= 0.3 is 0 Å². The largest absolute Gasteiger partial charge is 0.373 e. The molecule has 0 aliphatic rings. The lowest BCUT2D eigenvalue weighted by Gasteiger charge is -2.23. The monoisotopic (exact) mass is 292 g/mol. The Balaban J connectivity index is 2.45. The van der Waals surface area contributed by atoms with Crippen molar-refractivity contribution < 1.29 is 4.39 Å². The Bertz CT molecular complexity index is 569. The van der Waals surface area contributed by atoms with Gasteiger partial charge in [0.05, 0.1) is 0 Å². The van der Waals surface area contributed by atoms with Crippen molar-refractivity contribution in [1.82, 2.24) is 9.97 Å². The van der Waals surface area contributed by atoms with Gasteiger partial charge < -0.3 is 10.2 Å². The summed E-state index contributed by atoms with van der Waals surface area (Å²) >= 11 is 1.48. The summed E-state index contributed by atoms with van der Waals surface area (Å²) < 4.78 is 13.4. The lowest BCUT2D eigenvalue weighted by molar-refractivity contribution is 0.627. The van der Waals surface area contributed by atoms with Gasteiger partial charge in [0.2, 0.25) is 0 Å². The molecule has 0 amide bonds. The Morgan fingerprint density at radius 1 is 1.30 bits per heavy atom. The number of rotatable bonds is 5. The van der Waals surface area contributed by atoms with E-state index in [2.05, 4.69) is 15.3 Å². The molecule has 2 aromatic rings. The summed E-state index contributed by atoms with van der Waals surface area (Å²) in [5.74, 6) is 1.24. The fraction of sp³-hybridized carbons (Fsp3) is 0.286. The van der Waals surface area contributed by atoms with E-state index in [4.69, 9.17) is 0 Å². The van der Waals surface area contributed by atoms with E-state index in [-0.39, 0.29) is 5.82 Å². The Kier molecular flexibility index (Phi) is 4.79. The van der Waals surface area contributed by atoms with Crippen LogP contribution in [-0.2, 0) is 0 Å². The Hall–Kier alpha value is -1.82. The zero-order valence-corrected chi connectivity index (χ0v) is 12.5. The first kappa shape index (κ1) is 14.6. The Morgan fingerprint density at radius 3 is 2.70 bits per heavy atom. The molecule has 0 unspecified atom stereocenters. The average molecular weight is 292 g/mol. The van der Waals surface area contributed by atoms with Gasteiger partial charge in [0, 0.05) is 25.3 Å². The molecule has 0 fully saturated rings. The van der Waals surface area contributed by atoms with E-state index < -0.39 is 0 Å².